The summed E-state index contributed by atoms with van der Waals surface area (Å²) in [5, 5.41) is 7.81. The topological polar surface area (TPSA) is 48.3 Å². The number of rotatable bonds is 9. The van der Waals surface area contributed by atoms with Crippen molar-refractivity contribution in [1.29, 1.82) is 0 Å². The second-order valence-electron chi connectivity index (χ2n) is 4.09. The van der Waals surface area contributed by atoms with Gasteiger partial charge < -0.3 is 14.8 Å². The van der Waals surface area contributed by atoms with Gasteiger partial charge >= 0.3 is 0 Å². The number of nitrogens with one attached hydrogen (secondary N) is 1. The summed E-state index contributed by atoms with van der Waals surface area (Å²) in [7, 11) is 1.68. The molecule has 0 aliphatic rings. The van der Waals surface area contributed by atoms with Gasteiger partial charge in [-0.15, -0.1) is 0 Å². The summed E-state index contributed by atoms with van der Waals surface area (Å²) in [5.41, 5.74) is 1.08. The van der Waals surface area contributed by atoms with E-state index in [1.54, 1.807) is 13.3 Å². The Kier molecular flexibility index (Phi) is 6.75. The lowest BCUT2D eigenvalue weighted by molar-refractivity contribution is 0.120. The van der Waals surface area contributed by atoms with Crippen molar-refractivity contribution >= 4 is 0 Å². The summed E-state index contributed by atoms with van der Waals surface area (Å²) in [6, 6.07) is 0.124. The van der Waals surface area contributed by atoms with Gasteiger partial charge in [0.1, 0.15) is 0 Å². The van der Waals surface area contributed by atoms with E-state index in [1.165, 1.54) is 0 Å². The van der Waals surface area contributed by atoms with Gasteiger partial charge in [0.05, 0.1) is 31.6 Å². The van der Waals surface area contributed by atoms with Crippen molar-refractivity contribution in [2.24, 2.45) is 0 Å². The SMILES string of the molecule is CCCn1ncc(OC)c1C(COCC)NCC. The number of hydrogen-bond donors (Lipinski definition) is 1. The lowest BCUT2D eigenvalue weighted by Gasteiger charge is -2.20. The average Bonchev–Trinajstić information content (AvgIpc) is 2.78. The molecule has 1 aromatic heterocycles. The van der Waals surface area contributed by atoms with E-state index in [1.807, 2.05) is 11.6 Å². The van der Waals surface area contributed by atoms with Crippen LogP contribution in [0.2, 0.25) is 0 Å². The molecule has 1 N–H and O–H groups in total. The molecule has 1 unspecified atom stereocenters. The second-order valence-corrected chi connectivity index (χ2v) is 4.09. The summed E-state index contributed by atoms with van der Waals surface area (Å²) in [4.78, 5) is 0. The van der Waals surface area contributed by atoms with Gasteiger partial charge in [-0.25, -0.2) is 0 Å². The summed E-state index contributed by atoms with van der Waals surface area (Å²) in [6.45, 7) is 9.37. The Morgan fingerprint density at radius 1 is 1.39 bits per heavy atom. The van der Waals surface area contributed by atoms with E-state index < -0.39 is 0 Å². The molecule has 0 radical (unpaired) electrons. The van der Waals surface area contributed by atoms with Gasteiger partial charge in [-0.05, 0) is 19.9 Å². The predicted molar refractivity (Wildman–Crippen MR) is 72.0 cm³/mol. The highest BCUT2D eigenvalue weighted by molar-refractivity contribution is 5.28. The van der Waals surface area contributed by atoms with Crippen molar-refractivity contribution in [3.63, 3.8) is 0 Å². The Morgan fingerprint density at radius 3 is 2.72 bits per heavy atom. The zero-order valence-electron chi connectivity index (χ0n) is 11.9. The third-order valence-electron chi connectivity index (χ3n) is 2.77. The maximum Gasteiger partial charge on any atom is 0.161 e. The highest BCUT2D eigenvalue weighted by atomic mass is 16.5. The van der Waals surface area contributed by atoms with Crippen LogP contribution in [0.4, 0.5) is 0 Å². The maximum atomic E-state index is 5.55. The Bertz CT molecular complexity index is 339. The smallest absolute Gasteiger partial charge is 0.161 e. The molecule has 0 aliphatic heterocycles. The van der Waals surface area contributed by atoms with Crippen LogP contribution in [0.25, 0.3) is 0 Å². The second kappa shape index (κ2) is 8.11. The van der Waals surface area contributed by atoms with Crippen LogP contribution in [0.5, 0.6) is 5.75 Å². The van der Waals surface area contributed by atoms with Crippen molar-refractivity contribution in [1.82, 2.24) is 15.1 Å². The van der Waals surface area contributed by atoms with Crippen LogP contribution in [0, 0.1) is 0 Å². The molecule has 0 spiro atoms. The van der Waals surface area contributed by atoms with E-state index in [0.29, 0.717) is 13.2 Å². The normalized spacial score (nSPS) is 12.7. The Labute approximate surface area is 109 Å². The molecule has 18 heavy (non-hydrogen) atoms. The zero-order valence-corrected chi connectivity index (χ0v) is 11.9. The van der Waals surface area contributed by atoms with Gasteiger partial charge in [0.15, 0.2) is 5.75 Å². The molecular weight excluding hydrogens is 230 g/mol. The first-order valence-electron chi connectivity index (χ1n) is 6.69. The third-order valence-corrected chi connectivity index (χ3v) is 2.77. The van der Waals surface area contributed by atoms with Gasteiger partial charge in [-0.2, -0.15) is 5.10 Å². The molecule has 0 fully saturated rings. The molecule has 0 saturated heterocycles. The summed E-state index contributed by atoms with van der Waals surface area (Å²) in [5.74, 6) is 0.828. The summed E-state index contributed by atoms with van der Waals surface area (Å²) in [6.07, 6.45) is 2.83. The minimum atomic E-state index is 0.124. The molecule has 5 heteroatoms. The molecule has 1 rings (SSSR count). The average molecular weight is 255 g/mol. The van der Waals surface area contributed by atoms with Gasteiger partial charge in [-0.1, -0.05) is 13.8 Å². The molecule has 0 amide bonds. The Balaban J connectivity index is 2.94. The number of ether oxygens (including phenoxy) is 2. The minimum absolute atomic E-state index is 0.124. The number of aromatic nitrogens is 2. The molecule has 1 aromatic rings. The molecule has 0 saturated carbocycles. The van der Waals surface area contributed by atoms with Crippen LogP contribution in [-0.2, 0) is 11.3 Å². The molecule has 104 valence electrons. The molecule has 0 aromatic carbocycles. The van der Waals surface area contributed by atoms with Crippen LogP contribution < -0.4 is 10.1 Å². The Morgan fingerprint density at radius 2 is 2.17 bits per heavy atom. The van der Waals surface area contributed by atoms with Crippen molar-refractivity contribution in [3.8, 4) is 5.75 Å². The van der Waals surface area contributed by atoms with E-state index in [-0.39, 0.29) is 6.04 Å². The van der Waals surface area contributed by atoms with Gasteiger partial charge in [0.2, 0.25) is 0 Å². The number of aryl methyl sites for hydroxylation is 1. The van der Waals surface area contributed by atoms with E-state index in [9.17, 15) is 0 Å². The van der Waals surface area contributed by atoms with Crippen LogP contribution in [0.3, 0.4) is 0 Å². The minimum Gasteiger partial charge on any atom is -0.493 e. The van der Waals surface area contributed by atoms with Crippen molar-refractivity contribution in [3.05, 3.63) is 11.9 Å². The van der Waals surface area contributed by atoms with Crippen LogP contribution in [0.15, 0.2) is 6.20 Å². The molecule has 0 bridgehead atoms. The van der Waals surface area contributed by atoms with Gasteiger partial charge in [0, 0.05) is 13.2 Å². The first-order chi connectivity index (χ1) is 8.78. The van der Waals surface area contributed by atoms with Gasteiger partial charge in [0.25, 0.3) is 0 Å². The maximum absolute atomic E-state index is 5.55. The van der Waals surface area contributed by atoms with E-state index in [4.69, 9.17) is 9.47 Å². The lowest BCUT2D eigenvalue weighted by Crippen LogP contribution is -2.28. The quantitative estimate of drug-likeness (QED) is 0.733. The zero-order chi connectivity index (χ0) is 13.4. The third kappa shape index (κ3) is 3.71. The lowest BCUT2D eigenvalue weighted by atomic mass is 10.2. The van der Waals surface area contributed by atoms with Crippen molar-refractivity contribution < 1.29 is 9.47 Å². The van der Waals surface area contributed by atoms with Gasteiger partial charge in [-0.3, -0.25) is 4.68 Å². The van der Waals surface area contributed by atoms with Crippen LogP contribution >= 0.6 is 0 Å². The predicted octanol–water partition coefficient (Wildman–Crippen LogP) is 1.99. The highest BCUT2D eigenvalue weighted by Crippen LogP contribution is 2.25. The van der Waals surface area contributed by atoms with E-state index >= 15 is 0 Å². The first-order valence-corrected chi connectivity index (χ1v) is 6.69. The fraction of sp³-hybridized carbons (Fsp3) is 0.769. The molecule has 1 heterocycles. The van der Waals surface area contributed by atoms with Crippen LogP contribution in [-0.4, -0.2) is 36.6 Å². The van der Waals surface area contributed by atoms with Crippen molar-refractivity contribution in [2.75, 3.05) is 26.9 Å². The van der Waals surface area contributed by atoms with E-state index in [2.05, 4.69) is 24.3 Å². The standard InChI is InChI=1S/C13H25N3O2/c1-5-8-16-13(12(17-4)9-15-16)11(14-6-2)10-18-7-3/h9,11,14H,5-8,10H2,1-4H3. The summed E-state index contributed by atoms with van der Waals surface area (Å²) >= 11 is 0. The highest BCUT2D eigenvalue weighted by Gasteiger charge is 2.21. The fourth-order valence-electron chi connectivity index (χ4n) is 1.99. The molecule has 0 aliphatic carbocycles. The Hall–Kier alpha value is -1.07. The number of methoxy groups -OCH3 is 1. The number of hydrogen-bond acceptors (Lipinski definition) is 4. The van der Waals surface area contributed by atoms with Crippen molar-refractivity contribution in [2.45, 2.75) is 39.8 Å². The molecule has 1 atom stereocenters. The fourth-order valence-corrected chi connectivity index (χ4v) is 1.99. The molecule has 5 nitrogen and oxygen atoms in total. The van der Waals surface area contributed by atoms with E-state index in [0.717, 1.165) is 31.0 Å². The summed E-state index contributed by atoms with van der Waals surface area (Å²) < 4.78 is 13.0. The first kappa shape index (κ1) is 15.0. The largest absolute Gasteiger partial charge is 0.493 e. The number of nitrogens with zero attached hydrogens (tertiary/aromatic N) is 2. The number of likely N-dealkylation sites (N-methyl/N-ethyl adjacent to an activating group) is 1. The van der Waals surface area contributed by atoms with Crippen LogP contribution in [0.1, 0.15) is 38.9 Å². The molecular formula is C13H25N3O2. The monoisotopic (exact) mass is 255 g/mol.